The zero-order valence-electron chi connectivity index (χ0n) is 19.0. The van der Waals surface area contributed by atoms with Gasteiger partial charge in [-0.25, -0.2) is 9.18 Å². The number of carboxylic acids is 1. The largest absolute Gasteiger partial charge is 0.573 e. The Kier molecular flexibility index (Phi) is 7.32. The van der Waals surface area contributed by atoms with Gasteiger partial charge in [-0.1, -0.05) is 31.0 Å². The quantitative estimate of drug-likeness (QED) is 0.377. The molecule has 4 rings (SSSR count). The summed E-state index contributed by atoms with van der Waals surface area (Å²) in [6.07, 6.45) is -1.62. The lowest BCUT2D eigenvalue weighted by molar-refractivity contribution is -0.274. The first kappa shape index (κ1) is 25.3. The Morgan fingerprint density at radius 3 is 2.36 bits per heavy atom. The normalized spacial score (nSPS) is 15.0. The Balaban J connectivity index is 1.60. The topological polar surface area (TPSA) is 84.9 Å². The Morgan fingerprint density at radius 1 is 1.03 bits per heavy atom. The first-order valence-electron chi connectivity index (χ1n) is 11.3. The third kappa shape index (κ3) is 6.05. The van der Waals surface area contributed by atoms with Gasteiger partial charge in [0.15, 0.2) is 0 Å². The summed E-state index contributed by atoms with van der Waals surface area (Å²) >= 11 is 0. The molecule has 2 N–H and O–H groups in total. The third-order valence-electron chi connectivity index (χ3n) is 6.14. The van der Waals surface area contributed by atoms with Gasteiger partial charge in [-0.3, -0.25) is 4.79 Å². The Morgan fingerprint density at radius 2 is 1.72 bits per heavy atom. The van der Waals surface area contributed by atoms with Crippen molar-refractivity contribution in [3.05, 3.63) is 71.5 Å². The number of carbonyl (C=O) groups excluding carboxylic acids is 1. The van der Waals surface area contributed by atoms with Crippen molar-refractivity contribution < 1.29 is 41.7 Å². The fraction of sp³-hybridized carbons (Fsp3) is 0.308. The molecule has 0 saturated heterocycles. The van der Waals surface area contributed by atoms with Gasteiger partial charge in [0.05, 0.1) is 5.56 Å². The summed E-state index contributed by atoms with van der Waals surface area (Å²) in [4.78, 5) is 25.0. The first-order valence-corrected chi connectivity index (χ1v) is 11.3. The maximum absolute atomic E-state index is 13.8. The van der Waals surface area contributed by atoms with Crippen LogP contribution in [0.15, 0.2) is 54.6 Å². The van der Waals surface area contributed by atoms with Crippen molar-refractivity contribution in [2.75, 3.05) is 0 Å². The molecule has 0 heterocycles. The molecule has 1 fully saturated rings. The maximum Gasteiger partial charge on any atom is 0.573 e. The molecule has 190 valence electrons. The van der Waals surface area contributed by atoms with E-state index < -0.39 is 35.8 Å². The van der Waals surface area contributed by atoms with Crippen LogP contribution >= 0.6 is 0 Å². The number of aliphatic carboxylic acids is 1. The van der Waals surface area contributed by atoms with Crippen molar-refractivity contribution >= 4 is 22.6 Å². The van der Waals surface area contributed by atoms with Crippen LogP contribution in [-0.2, 0) is 11.4 Å². The minimum Gasteiger partial charge on any atom is -0.487 e. The molecule has 1 saturated carbocycles. The highest BCUT2D eigenvalue weighted by molar-refractivity contribution is 6.05. The summed E-state index contributed by atoms with van der Waals surface area (Å²) < 4.78 is 60.8. The second-order valence-corrected chi connectivity index (χ2v) is 8.62. The van der Waals surface area contributed by atoms with E-state index in [0.29, 0.717) is 29.2 Å². The van der Waals surface area contributed by atoms with Gasteiger partial charge in [0.1, 0.15) is 30.0 Å². The van der Waals surface area contributed by atoms with Gasteiger partial charge >= 0.3 is 12.3 Å². The highest BCUT2D eigenvalue weighted by Gasteiger charge is 2.33. The molecular formula is C26H23F4NO5. The van der Waals surface area contributed by atoms with Crippen molar-refractivity contribution in [3.63, 3.8) is 0 Å². The Bertz CT molecular complexity index is 1250. The first-order chi connectivity index (χ1) is 17.1. The molecule has 0 aromatic heterocycles. The fourth-order valence-electron chi connectivity index (χ4n) is 4.44. The monoisotopic (exact) mass is 505 g/mol. The van der Waals surface area contributed by atoms with Crippen molar-refractivity contribution in [3.8, 4) is 11.5 Å². The smallest absolute Gasteiger partial charge is 0.487 e. The van der Waals surface area contributed by atoms with E-state index in [4.69, 9.17) is 4.74 Å². The predicted molar refractivity (Wildman–Crippen MR) is 122 cm³/mol. The molecule has 0 bridgehead atoms. The van der Waals surface area contributed by atoms with Crippen LogP contribution < -0.4 is 14.8 Å². The van der Waals surface area contributed by atoms with Crippen molar-refractivity contribution in [2.24, 2.45) is 5.92 Å². The van der Waals surface area contributed by atoms with Crippen molar-refractivity contribution in [1.29, 1.82) is 0 Å². The van der Waals surface area contributed by atoms with Gasteiger partial charge < -0.3 is 19.9 Å². The van der Waals surface area contributed by atoms with Crippen LogP contribution in [0.1, 0.15) is 41.6 Å². The number of benzene rings is 3. The molecule has 36 heavy (non-hydrogen) atoms. The van der Waals surface area contributed by atoms with Gasteiger partial charge in [-0.05, 0) is 66.1 Å². The lowest BCUT2D eigenvalue weighted by Gasteiger charge is -2.22. The van der Waals surface area contributed by atoms with Gasteiger partial charge in [-0.2, -0.15) is 0 Å². The number of alkyl halides is 3. The molecule has 1 aliphatic carbocycles. The number of nitrogens with one attached hydrogen (secondary N) is 1. The van der Waals surface area contributed by atoms with E-state index in [9.17, 15) is 32.3 Å². The number of ether oxygens (including phenoxy) is 2. The Labute approximate surface area is 203 Å². The van der Waals surface area contributed by atoms with Crippen LogP contribution in [0.2, 0.25) is 0 Å². The summed E-state index contributed by atoms with van der Waals surface area (Å²) in [5.74, 6) is -2.72. The molecule has 1 amide bonds. The third-order valence-corrected chi connectivity index (χ3v) is 6.14. The van der Waals surface area contributed by atoms with Crippen LogP contribution in [0.4, 0.5) is 17.6 Å². The van der Waals surface area contributed by atoms with Gasteiger partial charge in [0.2, 0.25) is 0 Å². The fourth-order valence-corrected chi connectivity index (χ4v) is 4.44. The van der Waals surface area contributed by atoms with Gasteiger partial charge in [-0.15, -0.1) is 13.2 Å². The van der Waals surface area contributed by atoms with E-state index >= 15 is 0 Å². The number of halogens is 4. The van der Waals surface area contributed by atoms with E-state index in [1.807, 2.05) is 0 Å². The predicted octanol–water partition coefficient (Wildman–Crippen LogP) is 5.83. The molecule has 1 atom stereocenters. The van der Waals surface area contributed by atoms with E-state index in [1.54, 1.807) is 0 Å². The second-order valence-electron chi connectivity index (χ2n) is 8.62. The average molecular weight is 505 g/mol. The molecule has 1 aliphatic rings. The number of carbonyl (C=O) groups is 2. The second kappa shape index (κ2) is 10.4. The lowest BCUT2D eigenvalue weighted by atomic mass is 9.97. The summed E-state index contributed by atoms with van der Waals surface area (Å²) in [5, 5.41) is 13.2. The van der Waals surface area contributed by atoms with Crippen LogP contribution in [0.5, 0.6) is 11.5 Å². The van der Waals surface area contributed by atoms with E-state index in [-0.39, 0.29) is 23.8 Å². The SMILES string of the molecule is O=C(N[C@H](C(=O)O)C1CCCC1)c1ccc2cc(F)ccc2c1OCc1ccc(OC(F)(F)F)cc1. The van der Waals surface area contributed by atoms with Crippen molar-refractivity contribution in [2.45, 2.75) is 44.7 Å². The molecule has 0 spiro atoms. The summed E-state index contributed by atoms with van der Waals surface area (Å²) in [6.45, 7) is -0.117. The molecule has 10 heteroatoms. The molecule has 3 aromatic rings. The number of hydrogen-bond donors (Lipinski definition) is 2. The molecular weight excluding hydrogens is 482 g/mol. The van der Waals surface area contributed by atoms with E-state index in [2.05, 4.69) is 10.1 Å². The standard InChI is InChI=1S/C26H23F4NO5/c27-18-8-12-20-17(13-18)7-11-21(24(32)31-22(25(33)34)16-3-1-2-4-16)23(20)35-14-15-5-9-19(10-6-15)36-26(28,29)30/h5-13,16,22H,1-4,14H2,(H,31,32)(H,33,34)/t22-/m0/s1. The molecule has 0 unspecified atom stereocenters. The summed E-state index contributed by atoms with van der Waals surface area (Å²) in [7, 11) is 0. The van der Waals surface area contributed by atoms with Crippen LogP contribution in [0.3, 0.4) is 0 Å². The lowest BCUT2D eigenvalue weighted by Crippen LogP contribution is -2.45. The van der Waals surface area contributed by atoms with Crippen molar-refractivity contribution in [1.82, 2.24) is 5.32 Å². The zero-order valence-corrected chi connectivity index (χ0v) is 19.0. The average Bonchev–Trinajstić information content (AvgIpc) is 3.35. The molecule has 0 radical (unpaired) electrons. The van der Waals surface area contributed by atoms with Crippen LogP contribution in [-0.4, -0.2) is 29.4 Å². The highest BCUT2D eigenvalue weighted by atomic mass is 19.4. The van der Waals surface area contributed by atoms with Crippen LogP contribution in [0.25, 0.3) is 10.8 Å². The molecule has 0 aliphatic heterocycles. The van der Waals surface area contributed by atoms with E-state index in [0.717, 1.165) is 25.0 Å². The zero-order chi connectivity index (χ0) is 25.9. The van der Waals surface area contributed by atoms with Crippen LogP contribution in [0, 0.1) is 11.7 Å². The van der Waals surface area contributed by atoms with Gasteiger partial charge in [0.25, 0.3) is 5.91 Å². The number of amides is 1. The minimum atomic E-state index is -4.81. The number of hydrogen-bond acceptors (Lipinski definition) is 4. The van der Waals surface area contributed by atoms with Gasteiger partial charge in [0, 0.05) is 5.39 Å². The number of rotatable bonds is 8. The maximum atomic E-state index is 13.8. The molecule has 6 nitrogen and oxygen atoms in total. The summed E-state index contributed by atoms with van der Waals surface area (Å²) in [5.41, 5.74) is 0.555. The summed E-state index contributed by atoms with van der Waals surface area (Å²) in [6, 6.07) is 10.9. The molecule has 3 aromatic carbocycles. The Hall–Kier alpha value is -3.82. The van der Waals surface area contributed by atoms with E-state index in [1.165, 1.54) is 42.5 Å². The number of fused-ring (bicyclic) bond motifs is 1. The number of carboxylic acid groups (broad SMARTS) is 1. The highest BCUT2D eigenvalue weighted by Crippen LogP contribution is 2.33. The minimum absolute atomic E-state index is 0.0652.